The van der Waals surface area contributed by atoms with E-state index in [2.05, 4.69) is 50.2 Å². The molecule has 0 fully saturated rings. The van der Waals surface area contributed by atoms with Gasteiger partial charge in [0.15, 0.2) is 0 Å². The van der Waals surface area contributed by atoms with Crippen molar-refractivity contribution in [2.75, 3.05) is 0 Å². The lowest BCUT2D eigenvalue weighted by molar-refractivity contribution is 0.771. The molecule has 0 unspecified atom stereocenters. The van der Waals surface area contributed by atoms with E-state index in [1.807, 2.05) is 47.9 Å². The number of nitrogens with zero attached hydrogens (tertiary/aromatic N) is 1. The van der Waals surface area contributed by atoms with Crippen LogP contribution in [0.3, 0.4) is 0 Å². The zero-order chi connectivity index (χ0) is 19.0. The number of aromatic nitrogens is 1. The molecule has 3 aromatic carbocycles. The third-order valence-corrected chi connectivity index (χ3v) is 5.24. The van der Waals surface area contributed by atoms with Gasteiger partial charge in [0.05, 0.1) is 17.6 Å². The zero-order valence-corrected chi connectivity index (χ0v) is 16.0. The molecule has 0 amide bonds. The molecule has 0 spiro atoms. The van der Waals surface area contributed by atoms with Crippen LogP contribution in [0.25, 0.3) is 22.0 Å². The average Bonchev–Trinajstić information content (AvgIpc) is 2.66. The molecule has 134 valence electrons. The predicted molar refractivity (Wildman–Crippen MR) is 113 cm³/mol. The van der Waals surface area contributed by atoms with Gasteiger partial charge < -0.3 is 4.57 Å². The fourth-order valence-electron chi connectivity index (χ4n) is 3.77. The van der Waals surface area contributed by atoms with E-state index < -0.39 is 0 Å². The van der Waals surface area contributed by atoms with E-state index >= 15 is 0 Å². The van der Waals surface area contributed by atoms with Crippen molar-refractivity contribution >= 4 is 10.8 Å². The summed E-state index contributed by atoms with van der Waals surface area (Å²) in [5.74, 6) is 0. The number of fused-ring (bicyclic) bond motifs is 1. The van der Waals surface area contributed by atoms with Crippen LogP contribution in [0.4, 0.5) is 0 Å². The lowest BCUT2D eigenvalue weighted by atomic mass is 10.0. The van der Waals surface area contributed by atoms with Crippen LogP contribution in [-0.2, 0) is 6.54 Å². The number of hydrogen-bond donors (Lipinski definition) is 0. The number of benzene rings is 3. The molecule has 27 heavy (non-hydrogen) atoms. The number of rotatable bonds is 3. The Balaban J connectivity index is 2.00. The Hall–Kier alpha value is -3.13. The summed E-state index contributed by atoms with van der Waals surface area (Å²) < 4.78 is 1.92. The highest BCUT2D eigenvalue weighted by Gasteiger charge is 2.13. The van der Waals surface area contributed by atoms with Crippen LogP contribution in [0, 0.1) is 20.8 Å². The Kier molecular flexibility index (Phi) is 4.41. The molecular formula is C25H23NO. The van der Waals surface area contributed by atoms with Gasteiger partial charge in [-0.15, -0.1) is 0 Å². The van der Waals surface area contributed by atoms with Gasteiger partial charge in [0, 0.05) is 0 Å². The second-order valence-corrected chi connectivity index (χ2v) is 7.26. The quantitative estimate of drug-likeness (QED) is 0.467. The highest BCUT2D eigenvalue weighted by molar-refractivity contribution is 5.88. The van der Waals surface area contributed by atoms with Gasteiger partial charge in [0.25, 0.3) is 5.56 Å². The minimum Gasteiger partial charge on any atom is -0.303 e. The molecule has 0 N–H and O–H groups in total. The molecule has 0 radical (unpaired) electrons. The maximum Gasteiger partial charge on any atom is 0.259 e. The number of aryl methyl sites for hydroxylation is 3. The third-order valence-electron chi connectivity index (χ3n) is 5.24. The average molecular weight is 353 g/mol. The lowest BCUT2D eigenvalue weighted by Gasteiger charge is -2.17. The predicted octanol–water partition coefficient (Wildman–Crippen LogP) is 5.64. The van der Waals surface area contributed by atoms with Gasteiger partial charge in [-0.2, -0.15) is 0 Å². The molecular weight excluding hydrogens is 330 g/mol. The largest absolute Gasteiger partial charge is 0.303 e. The summed E-state index contributed by atoms with van der Waals surface area (Å²) in [6.07, 6.45) is 0. The highest BCUT2D eigenvalue weighted by atomic mass is 16.1. The van der Waals surface area contributed by atoms with Crippen LogP contribution >= 0.6 is 0 Å². The Labute approximate surface area is 159 Å². The molecule has 4 rings (SSSR count). The van der Waals surface area contributed by atoms with Crippen LogP contribution in [0.5, 0.6) is 0 Å². The Bertz CT molecular complexity index is 1190. The van der Waals surface area contributed by atoms with Crippen molar-refractivity contribution in [3.63, 3.8) is 0 Å². The van der Waals surface area contributed by atoms with Gasteiger partial charge in [0.2, 0.25) is 0 Å². The number of pyridine rings is 1. The van der Waals surface area contributed by atoms with E-state index in [0.717, 1.165) is 27.6 Å². The van der Waals surface area contributed by atoms with Crippen LogP contribution in [0.1, 0.15) is 22.3 Å². The van der Waals surface area contributed by atoms with Gasteiger partial charge >= 0.3 is 0 Å². The molecule has 0 aliphatic heterocycles. The van der Waals surface area contributed by atoms with E-state index in [1.54, 1.807) is 0 Å². The van der Waals surface area contributed by atoms with Crippen LogP contribution in [0.15, 0.2) is 77.6 Å². The number of hydrogen-bond acceptors (Lipinski definition) is 1. The molecule has 0 aliphatic carbocycles. The highest BCUT2D eigenvalue weighted by Crippen LogP contribution is 2.25. The van der Waals surface area contributed by atoms with E-state index in [4.69, 9.17) is 0 Å². The molecule has 2 heteroatoms. The summed E-state index contributed by atoms with van der Waals surface area (Å²) >= 11 is 0. The topological polar surface area (TPSA) is 22.0 Å². The van der Waals surface area contributed by atoms with Crippen LogP contribution < -0.4 is 5.56 Å². The van der Waals surface area contributed by atoms with Gasteiger partial charge in [-0.1, -0.05) is 72.3 Å². The molecule has 1 heterocycles. The SMILES string of the molecule is Cc1ccc(Cn2c(-c3ccccc3)cc3cccc(C)c3c2=O)c(C)c1. The van der Waals surface area contributed by atoms with Gasteiger partial charge in [0.1, 0.15) is 0 Å². The smallest absolute Gasteiger partial charge is 0.259 e. The van der Waals surface area contributed by atoms with Crippen molar-refractivity contribution in [2.45, 2.75) is 27.3 Å². The second kappa shape index (κ2) is 6.88. The van der Waals surface area contributed by atoms with Crippen molar-refractivity contribution in [3.8, 4) is 11.3 Å². The first-order chi connectivity index (χ1) is 13.0. The second-order valence-electron chi connectivity index (χ2n) is 7.26. The Morgan fingerprint density at radius 2 is 1.56 bits per heavy atom. The van der Waals surface area contributed by atoms with Crippen LogP contribution in [0.2, 0.25) is 0 Å². The molecule has 0 bridgehead atoms. The first-order valence-corrected chi connectivity index (χ1v) is 9.29. The molecule has 0 saturated carbocycles. The summed E-state index contributed by atoms with van der Waals surface area (Å²) in [5.41, 5.74) is 6.73. The monoisotopic (exact) mass is 353 g/mol. The van der Waals surface area contributed by atoms with Gasteiger partial charge in [-0.05, 0) is 54.5 Å². The molecule has 1 aromatic heterocycles. The molecule has 0 aliphatic rings. The van der Waals surface area contributed by atoms with Crippen molar-refractivity contribution in [1.82, 2.24) is 4.57 Å². The van der Waals surface area contributed by atoms with Crippen molar-refractivity contribution in [1.29, 1.82) is 0 Å². The lowest BCUT2D eigenvalue weighted by Crippen LogP contribution is -2.23. The fraction of sp³-hybridized carbons (Fsp3) is 0.160. The van der Waals surface area contributed by atoms with E-state index in [-0.39, 0.29) is 5.56 Å². The van der Waals surface area contributed by atoms with Gasteiger partial charge in [-0.3, -0.25) is 4.79 Å². The summed E-state index contributed by atoms with van der Waals surface area (Å²) in [6, 6.07) is 24.8. The maximum absolute atomic E-state index is 13.5. The van der Waals surface area contributed by atoms with Crippen molar-refractivity contribution in [3.05, 3.63) is 105 Å². The first kappa shape index (κ1) is 17.3. The zero-order valence-electron chi connectivity index (χ0n) is 16.0. The molecule has 0 atom stereocenters. The summed E-state index contributed by atoms with van der Waals surface area (Å²) in [7, 11) is 0. The maximum atomic E-state index is 13.5. The Morgan fingerprint density at radius 3 is 2.30 bits per heavy atom. The first-order valence-electron chi connectivity index (χ1n) is 9.29. The summed E-state index contributed by atoms with van der Waals surface area (Å²) in [6.45, 7) is 6.78. The fourth-order valence-corrected chi connectivity index (χ4v) is 3.77. The molecule has 2 nitrogen and oxygen atoms in total. The summed E-state index contributed by atoms with van der Waals surface area (Å²) in [5, 5.41) is 1.80. The third kappa shape index (κ3) is 3.19. The van der Waals surface area contributed by atoms with Gasteiger partial charge in [-0.25, -0.2) is 0 Å². The standard InChI is InChI=1S/C25H23NO/c1-17-12-13-22(19(3)14-17)16-26-23(20-9-5-4-6-10-20)15-21-11-7-8-18(2)24(21)25(26)27/h4-15H,16H2,1-3H3. The van der Waals surface area contributed by atoms with E-state index in [9.17, 15) is 4.79 Å². The normalized spacial score (nSPS) is 11.1. The van der Waals surface area contributed by atoms with Crippen molar-refractivity contribution in [2.24, 2.45) is 0 Å². The Morgan fingerprint density at radius 1 is 0.778 bits per heavy atom. The van der Waals surface area contributed by atoms with Crippen LogP contribution in [-0.4, -0.2) is 4.57 Å². The minimum absolute atomic E-state index is 0.0735. The van der Waals surface area contributed by atoms with E-state index in [1.165, 1.54) is 16.7 Å². The molecule has 4 aromatic rings. The summed E-state index contributed by atoms with van der Waals surface area (Å²) in [4.78, 5) is 13.5. The van der Waals surface area contributed by atoms with E-state index in [0.29, 0.717) is 6.54 Å². The molecule has 0 saturated heterocycles. The van der Waals surface area contributed by atoms with Crippen molar-refractivity contribution < 1.29 is 0 Å². The minimum atomic E-state index is 0.0735.